The number of nitrogens with zero attached hydrogens (tertiary/aromatic N) is 1. The predicted octanol–water partition coefficient (Wildman–Crippen LogP) is 0.474. The number of carboxylic acid groups (broad SMARTS) is 1. The smallest absolute Gasteiger partial charge is 0.406 e. The maximum Gasteiger partial charge on any atom is 0.406 e. The van der Waals surface area contributed by atoms with Crippen molar-refractivity contribution >= 4 is 29.5 Å². The highest BCUT2D eigenvalue weighted by atomic mass is 32.2. The van der Waals surface area contributed by atoms with Crippen LogP contribution in [0.3, 0.4) is 0 Å². The van der Waals surface area contributed by atoms with E-state index in [9.17, 15) is 32.7 Å². The van der Waals surface area contributed by atoms with Gasteiger partial charge < -0.3 is 15.3 Å². The van der Waals surface area contributed by atoms with Crippen LogP contribution in [-0.4, -0.2) is 64.1 Å². The van der Waals surface area contributed by atoms with Gasteiger partial charge in [0, 0.05) is 18.7 Å². The summed E-state index contributed by atoms with van der Waals surface area (Å²) in [7, 11) is 0. The Morgan fingerprint density at radius 1 is 1.45 bits per heavy atom. The number of halogens is 3. The molecule has 0 aromatic carbocycles. The van der Waals surface area contributed by atoms with Gasteiger partial charge in [-0.05, 0) is 12.2 Å². The molecule has 6 nitrogen and oxygen atoms in total. The van der Waals surface area contributed by atoms with Gasteiger partial charge >= 0.3 is 12.1 Å². The van der Waals surface area contributed by atoms with Gasteiger partial charge in [0.15, 0.2) is 0 Å². The number of aliphatic carboxylic acids is 1. The fraction of sp³-hybridized carbons (Fsp3) is 0.750. The van der Waals surface area contributed by atoms with Crippen molar-refractivity contribution in [3.05, 3.63) is 0 Å². The van der Waals surface area contributed by atoms with Crippen LogP contribution in [0.5, 0.6) is 0 Å². The van der Waals surface area contributed by atoms with Gasteiger partial charge in [-0.3, -0.25) is 9.59 Å². The van der Waals surface area contributed by atoms with Crippen LogP contribution in [0.25, 0.3) is 0 Å². The van der Waals surface area contributed by atoms with Crippen LogP contribution >= 0.6 is 11.8 Å². The first-order chi connectivity index (χ1) is 10.1. The van der Waals surface area contributed by atoms with Crippen LogP contribution in [0, 0.1) is 5.92 Å². The summed E-state index contributed by atoms with van der Waals surface area (Å²) in [4.78, 5) is 35.6. The third kappa shape index (κ3) is 3.65. The second kappa shape index (κ2) is 5.98. The Morgan fingerprint density at radius 3 is 2.64 bits per heavy atom. The third-order valence-electron chi connectivity index (χ3n) is 3.75. The highest BCUT2D eigenvalue weighted by Crippen LogP contribution is 2.30. The van der Waals surface area contributed by atoms with Crippen LogP contribution in [0.1, 0.15) is 12.8 Å². The summed E-state index contributed by atoms with van der Waals surface area (Å²) >= 11 is 1.38. The predicted molar refractivity (Wildman–Crippen MR) is 71.2 cm³/mol. The third-order valence-corrected chi connectivity index (χ3v) is 4.94. The van der Waals surface area contributed by atoms with Gasteiger partial charge in [0.25, 0.3) is 0 Å². The molecule has 0 aromatic rings. The molecule has 2 rings (SSSR count). The Bertz CT molecular complexity index is 491. The largest absolute Gasteiger partial charge is 0.479 e. The van der Waals surface area contributed by atoms with E-state index in [1.54, 1.807) is 0 Å². The molecule has 22 heavy (non-hydrogen) atoms. The van der Waals surface area contributed by atoms with E-state index >= 15 is 0 Å². The fourth-order valence-corrected chi connectivity index (χ4v) is 3.87. The van der Waals surface area contributed by atoms with Crippen molar-refractivity contribution in [2.45, 2.75) is 24.6 Å². The van der Waals surface area contributed by atoms with Crippen LogP contribution in [0.4, 0.5) is 13.2 Å². The number of carbonyl (C=O) groups is 3. The summed E-state index contributed by atoms with van der Waals surface area (Å²) in [5.41, 5.74) is -1.39. The van der Waals surface area contributed by atoms with Gasteiger partial charge in [-0.25, -0.2) is 4.79 Å². The standard InChI is InChI=1S/C12H15F3N2O4S/c13-12(14,15)5-17-4-7(3-8(17)18)9(19)16-11(10(20)21)1-2-22-6-11/h7H,1-6H2,(H,16,19)(H,20,21)/t7-,11-/m1/s1. The van der Waals surface area contributed by atoms with Crippen molar-refractivity contribution < 1.29 is 32.7 Å². The first-order valence-corrected chi connectivity index (χ1v) is 7.76. The molecule has 0 aliphatic carbocycles. The molecule has 0 unspecified atom stereocenters. The summed E-state index contributed by atoms with van der Waals surface area (Å²) in [6.45, 7) is -1.73. The number of thioether (sulfide) groups is 1. The molecule has 2 heterocycles. The summed E-state index contributed by atoms with van der Waals surface area (Å²) in [6.07, 6.45) is -4.60. The van der Waals surface area contributed by atoms with E-state index in [4.69, 9.17) is 0 Å². The molecule has 0 saturated carbocycles. The monoisotopic (exact) mass is 340 g/mol. The Morgan fingerprint density at radius 2 is 2.14 bits per heavy atom. The maximum absolute atomic E-state index is 12.3. The molecule has 2 aliphatic heterocycles. The van der Waals surface area contributed by atoms with E-state index in [1.807, 2.05) is 0 Å². The van der Waals surface area contributed by atoms with Crippen molar-refractivity contribution in [1.82, 2.24) is 10.2 Å². The number of carbonyl (C=O) groups excluding carboxylic acids is 2. The second-order valence-electron chi connectivity index (χ2n) is 5.47. The van der Waals surface area contributed by atoms with Gasteiger partial charge in [-0.2, -0.15) is 24.9 Å². The lowest BCUT2D eigenvalue weighted by Gasteiger charge is -2.26. The molecule has 0 bridgehead atoms. The normalized spacial score (nSPS) is 29.0. The van der Waals surface area contributed by atoms with Crippen LogP contribution in [0.2, 0.25) is 0 Å². The number of rotatable bonds is 4. The summed E-state index contributed by atoms with van der Waals surface area (Å²) < 4.78 is 37.0. The van der Waals surface area contributed by atoms with Crippen molar-refractivity contribution in [2.24, 2.45) is 5.92 Å². The SMILES string of the molecule is O=C(N[C@]1(C(=O)O)CCSC1)[C@@H]1CC(=O)N(CC(F)(F)F)C1. The number of hydrogen-bond acceptors (Lipinski definition) is 4. The zero-order chi connectivity index (χ0) is 16.5. The van der Waals surface area contributed by atoms with E-state index in [1.165, 1.54) is 11.8 Å². The number of likely N-dealkylation sites (tertiary alicyclic amines) is 1. The van der Waals surface area contributed by atoms with Crippen LogP contribution in [-0.2, 0) is 14.4 Å². The van der Waals surface area contributed by atoms with Gasteiger partial charge in [0.1, 0.15) is 12.1 Å². The average Bonchev–Trinajstić information content (AvgIpc) is 2.97. The lowest BCUT2D eigenvalue weighted by atomic mass is 9.97. The quantitative estimate of drug-likeness (QED) is 0.777. The Balaban J connectivity index is 1.99. The number of carboxylic acids is 1. The van der Waals surface area contributed by atoms with Crippen LogP contribution in [0.15, 0.2) is 0 Å². The molecule has 2 amide bonds. The van der Waals surface area contributed by atoms with E-state index < -0.39 is 42.0 Å². The second-order valence-corrected chi connectivity index (χ2v) is 6.57. The molecule has 2 saturated heterocycles. The van der Waals surface area contributed by atoms with Crippen molar-refractivity contribution in [3.8, 4) is 0 Å². The van der Waals surface area contributed by atoms with Crippen molar-refractivity contribution in [2.75, 3.05) is 24.6 Å². The number of nitrogens with one attached hydrogen (secondary N) is 1. The maximum atomic E-state index is 12.3. The lowest BCUT2D eigenvalue weighted by Crippen LogP contribution is -2.56. The molecule has 2 aliphatic rings. The number of amides is 2. The van der Waals surface area contributed by atoms with Gasteiger partial charge in [-0.1, -0.05) is 0 Å². The molecule has 10 heteroatoms. The average molecular weight is 340 g/mol. The highest BCUT2D eigenvalue weighted by molar-refractivity contribution is 7.99. The highest BCUT2D eigenvalue weighted by Gasteiger charge is 2.46. The number of alkyl halides is 3. The zero-order valence-corrected chi connectivity index (χ0v) is 12.3. The molecule has 0 aromatic heterocycles. The zero-order valence-electron chi connectivity index (χ0n) is 11.5. The van der Waals surface area contributed by atoms with Gasteiger partial charge in [0.2, 0.25) is 11.8 Å². The number of hydrogen-bond donors (Lipinski definition) is 2. The van der Waals surface area contributed by atoms with E-state index in [2.05, 4.69) is 5.32 Å². The summed E-state index contributed by atoms with van der Waals surface area (Å²) in [5.74, 6) is -2.75. The first kappa shape index (κ1) is 16.9. The molecule has 2 fully saturated rings. The minimum atomic E-state index is -4.52. The van der Waals surface area contributed by atoms with Crippen LogP contribution < -0.4 is 5.32 Å². The van der Waals surface area contributed by atoms with Gasteiger partial charge in [-0.15, -0.1) is 0 Å². The summed E-state index contributed by atoms with van der Waals surface area (Å²) in [5, 5.41) is 11.7. The first-order valence-electron chi connectivity index (χ1n) is 6.61. The van der Waals surface area contributed by atoms with Crippen molar-refractivity contribution in [3.63, 3.8) is 0 Å². The Hall–Kier alpha value is -1.45. The molecule has 0 spiro atoms. The van der Waals surface area contributed by atoms with Gasteiger partial charge in [0.05, 0.1) is 5.92 Å². The van der Waals surface area contributed by atoms with Crippen molar-refractivity contribution in [1.29, 1.82) is 0 Å². The fourth-order valence-electron chi connectivity index (χ4n) is 2.54. The molecule has 2 N–H and O–H groups in total. The lowest BCUT2D eigenvalue weighted by molar-refractivity contribution is -0.157. The molecular weight excluding hydrogens is 325 g/mol. The topological polar surface area (TPSA) is 86.7 Å². The minimum absolute atomic E-state index is 0.209. The van der Waals surface area contributed by atoms with E-state index in [0.29, 0.717) is 10.7 Å². The van der Waals surface area contributed by atoms with E-state index in [0.717, 1.165) is 0 Å². The summed E-state index contributed by atoms with van der Waals surface area (Å²) in [6, 6.07) is 0. The Kier molecular flexibility index (Phi) is 4.59. The molecule has 124 valence electrons. The molecule has 0 radical (unpaired) electrons. The molecule has 2 atom stereocenters. The van der Waals surface area contributed by atoms with E-state index in [-0.39, 0.29) is 25.1 Å². The minimum Gasteiger partial charge on any atom is -0.479 e. The Labute approximate surface area is 128 Å². The molecular formula is C12H15F3N2O4S.